The minimum Gasteiger partial charge on any atom is -0.459 e. The number of hydrogen-bond acceptors (Lipinski definition) is 4. The standard InChI is InChI=1S/C17H18ClNO4/c18-12-7-5-11(6-8-12)10-23-15(20)9-19-16(21)13-3-1-2-4-14(13)17(19)22/h5-8,13-14H,1-4,9-10H2/t13-,14-/m0/s1. The monoisotopic (exact) mass is 335 g/mol. The number of carbonyl (C=O) groups is 3. The summed E-state index contributed by atoms with van der Waals surface area (Å²) >= 11 is 5.79. The lowest BCUT2D eigenvalue weighted by atomic mass is 9.81. The van der Waals surface area contributed by atoms with Gasteiger partial charge in [-0.15, -0.1) is 0 Å². The van der Waals surface area contributed by atoms with E-state index in [2.05, 4.69) is 0 Å². The first-order chi connectivity index (χ1) is 11.1. The molecule has 1 heterocycles. The van der Waals surface area contributed by atoms with Crippen LogP contribution in [0.5, 0.6) is 0 Å². The van der Waals surface area contributed by atoms with E-state index >= 15 is 0 Å². The first-order valence-electron chi connectivity index (χ1n) is 7.81. The molecule has 0 N–H and O–H groups in total. The number of hydrogen-bond donors (Lipinski definition) is 0. The highest BCUT2D eigenvalue weighted by Crippen LogP contribution is 2.37. The molecule has 5 nitrogen and oxygen atoms in total. The Hall–Kier alpha value is -1.88. The molecule has 1 aromatic carbocycles. The van der Waals surface area contributed by atoms with Crippen LogP contribution in [0.2, 0.25) is 5.02 Å². The first-order valence-corrected chi connectivity index (χ1v) is 8.19. The average Bonchev–Trinajstić information content (AvgIpc) is 2.80. The van der Waals surface area contributed by atoms with Crippen LogP contribution in [0.15, 0.2) is 24.3 Å². The summed E-state index contributed by atoms with van der Waals surface area (Å²) in [6.45, 7) is -0.197. The Kier molecular flexibility index (Phi) is 4.66. The second kappa shape index (κ2) is 6.71. The minimum atomic E-state index is -0.569. The van der Waals surface area contributed by atoms with Gasteiger partial charge < -0.3 is 4.74 Å². The van der Waals surface area contributed by atoms with Crippen LogP contribution in [-0.2, 0) is 25.7 Å². The largest absolute Gasteiger partial charge is 0.459 e. The van der Waals surface area contributed by atoms with Gasteiger partial charge >= 0.3 is 5.97 Å². The molecular weight excluding hydrogens is 318 g/mol. The molecule has 122 valence electrons. The van der Waals surface area contributed by atoms with E-state index in [-0.39, 0.29) is 36.8 Å². The van der Waals surface area contributed by atoms with Crippen molar-refractivity contribution in [2.75, 3.05) is 6.54 Å². The third kappa shape index (κ3) is 3.39. The molecule has 3 rings (SSSR count). The zero-order valence-electron chi connectivity index (χ0n) is 12.7. The third-order valence-electron chi connectivity index (χ3n) is 4.53. The zero-order chi connectivity index (χ0) is 16.4. The van der Waals surface area contributed by atoms with Crippen LogP contribution in [0.3, 0.4) is 0 Å². The van der Waals surface area contributed by atoms with Crippen LogP contribution in [0.1, 0.15) is 31.2 Å². The minimum absolute atomic E-state index is 0.0963. The Labute approximate surface area is 139 Å². The number of carbonyl (C=O) groups excluding carboxylic acids is 3. The van der Waals surface area contributed by atoms with E-state index in [1.165, 1.54) is 0 Å². The van der Waals surface area contributed by atoms with E-state index < -0.39 is 5.97 Å². The third-order valence-corrected chi connectivity index (χ3v) is 4.78. The summed E-state index contributed by atoms with van der Waals surface area (Å²) in [4.78, 5) is 37.6. The van der Waals surface area contributed by atoms with Crippen LogP contribution < -0.4 is 0 Å². The summed E-state index contributed by atoms with van der Waals surface area (Å²) in [6, 6.07) is 6.94. The smallest absolute Gasteiger partial charge is 0.326 e. The number of rotatable bonds is 4. The van der Waals surface area contributed by atoms with Gasteiger partial charge in [-0.1, -0.05) is 36.6 Å². The van der Waals surface area contributed by atoms with Crippen LogP contribution in [0, 0.1) is 11.8 Å². The van der Waals surface area contributed by atoms with E-state index in [9.17, 15) is 14.4 Å². The Balaban J connectivity index is 1.56. The van der Waals surface area contributed by atoms with Gasteiger partial charge in [0.05, 0.1) is 11.8 Å². The summed E-state index contributed by atoms with van der Waals surface area (Å²) in [5.74, 6) is -1.48. The maximum absolute atomic E-state index is 12.3. The number of esters is 1. The number of imide groups is 1. The van der Waals surface area contributed by atoms with E-state index in [4.69, 9.17) is 16.3 Å². The van der Waals surface area contributed by atoms with Crippen molar-refractivity contribution in [1.82, 2.24) is 4.90 Å². The molecular formula is C17H18ClNO4. The Morgan fingerprint density at radius 3 is 2.22 bits per heavy atom. The van der Waals surface area contributed by atoms with E-state index in [0.717, 1.165) is 36.1 Å². The molecule has 2 amide bonds. The van der Waals surface area contributed by atoms with Crippen molar-refractivity contribution in [3.05, 3.63) is 34.9 Å². The van der Waals surface area contributed by atoms with Gasteiger partial charge in [0, 0.05) is 5.02 Å². The lowest BCUT2D eigenvalue weighted by Gasteiger charge is -2.19. The maximum atomic E-state index is 12.3. The van der Waals surface area contributed by atoms with Gasteiger partial charge in [0.1, 0.15) is 13.2 Å². The number of halogens is 1. The normalized spacial score (nSPS) is 23.8. The fourth-order valence-corrected chi connectivity index (χ4v) is 3.43. The van der Waals surface area contributed by atoms with Crippen molar-refractivity contribution in [2.24, 2.45) is 11.8 Å². The van der Waals surface area contributed by atoms with Crippen molar-refractivity contribution < 1.29 is 19.1 Å². The molecule has 0 aromatic heterocycles. The van der Waals surface area contributed by atoms with E-state index in [1.54, 1.807) is 24.3 Å². The van der Waals surface area contributed by atoms with Crippen molar-refractivity contribution in [2.45, 2.75) is 32.3 Å². The fraction of sp³-hybridized carbons (Fsp3) is 0.471. The molecule has 0 unspecified atom stereocenters. The topological polar surface area (TPSA) is 63.7 Å². The van der Waals surface area contributed by atoms with Gasteiger partial charge in [-0.05, 0) is 30.5 Å². The molecule has 6 heteroatoms. The predicted molar refractivity (Wildman–Crippen MR) is 83.4 cm³/mol. The van der Waals surface area contributed by atoms with Crippen molar-refractivity contribution in [3.8, 4) is 0 Å². The van der Waals surface area contributed by atoms with E-state index in [0.29, 0.717) is 5.02 Å². The molecule has 0 spiro atoms. The molecule has 1 aromatic rings. The van der Waals surface area contributed by atoms with Gasteiger partial charge in [0.15, 0.2) is 0 Å². The lowest BCUT2D eigenvalue weighted by molar-refractivity contribution is -0.153. The highest BCUT2D eigenvalue weighted by atomic mass is 35.5. The number of likely N-dealkylation sites (tertiary alicyclic amines) is 1. The number of nitrogens with zero attached hydrogens (tertiary/aromatic N) is 1. The van der Waals surface area contributed by atoms with Crippen molar-refractivity contribution in [3.63, 3.8) is 0 Å². The molecule has 23 heavy (non-hydrogen) atoms. The second-order valence-corrected chi connectivity index (χ2v) is 6.48. The van der Waals surface area contributed by atoms with Crippen LogP contribution in [-0.4, -0.2) is 29.2 Å². The molecule has 1 aliphatic heterocycles. The fourth-order valence-electron chi connectivity index (χ4n) is 3.31. The summed E-state index contributed by atoms with van der Waals surface area (Å²) in [5.41, 5.74) is 0.801. The molecule has 2 atom stereocenters. The van der Waals surface area contributed by atoms with E-state index in [1.807, 2.05) is 0 Å². The zero-order valence-corrected chi connectivity index (χ0v) is 13.4. The van der Waals surface area contributed by atoms with Crippen molar-refractivity contribution in [1.29, 1.82) is 0 Å². The second-order valence-electron chi connectivity index (χ2n) is 6.05. The van der Waals surface area contributed by atoms with Crippen LogP contribution >= 0.6 is 11.6 Å². The average molecular weight is 336 g/mol. The van der Waals surface area contributed by atoms with Gasteiger partial charge in [-0.25, -0.2) is 0 Å². The predicted octanol–water partition coefficient (Wildman–Crippen LogP) is 2.56. The molecule has 0 radical (unpaired) electrons. The van der Waals surface area contributed by atoms with Crippen LogP contribution in [0.25, 0.3) is 0 Å². The summed E-state index contributed by atoms with van der Waals surface area (Å²) in [5, 5.41) is 0.607. The maximum Gasteiger partial charge on any atom is 0.326 e. The van der Waals surface area contributed by atoms with Crippen LogP contribution in [0.4, 0.5) is 0 Å². The quantitative estimate of drug-likeness (QED) is 0.626. The highest BCUT2D eigenvalue weighted by molar-refractivity contribution is 6.30. The van der Waals surface area contributed by atoms with Gasteiger partial charge in [-0.3, -0.25) is 19.3 Å². The first kappa shape index (κ1) is 16.0. The number of benzene rings is 1. The Morgan fingerprint density at radius 2 is 1.65 bits per heavy atom. The highest BCUT2D eigenvalue weighted by Gasteiger charge is 2.48. The lowest BCUT2D eigenvalue weighted by Crippen LogP contribution is -2.36. The number of amides is 2. The summed E-state index contributed by atoms with van der Waals surface area (Å²) in [6.07, 6.45) is 3.42. The Bertz CT molecular complexity index is 604. The molecule has 1 aliphatic carbocycles. The summed E-state index contributed by atoms with van der Waals surface area (Å²) < 4.78 is 5.15. The SMILES string of the molecule is O=C(CN1C(=O)[C@H]2CCCC[C@@H]2C1=O)OCc1ccc(Cl)cc1. The summed E-state index contributed by atoms with van der Waals surface area (Å²) in [7, 11) is 0. The van der Waals surface area contributed by atoms with Crippen molar-refractivity contribution >= 4 is 29.4 Å². The van der Waals surface area contributed by atoms with Gasteiger partial charge in [0.25, 0.3) is 0 Å². The number of ether oxygens (including phenoxy) is 1. The van der Waals surface area contributed by atoms with Gasteiger partial charge in [0.2, 0.25) is 11.8 Å². The Morgan fingerprint density at radius 1 is 1.09 bits per heavy atom. The molecule has 1 saturated carbocycles. The molecule has 1 saturated heterocycles. The molecule has 2 fully saturated rings. The van der Waals surface area contributed by atoms with Gasteiger partial charge in [-0.2, -0.15) is 0 Å². The molecule has 2 aliphatic rings. The number of fused-ring (bicyclic) bond motifs is 1. The molecule has 0 bridgehead atoms.